The van der Waals surface area contributed by atoms with Gasteiger partial charge in [0.15, 0.2) is 5.69 Å². The summed E-state index contributed by atoms with van der Waals surface area (Å²) in [4.78, 5) is 28.5. The van der Waals surface area contributed by atoms with E-state index in [1.165, 1.54) is 23.8 Å². The molecule has 0 aromatic carbocycles. The number of rotatable bonds is 2. The predicted octanol–water partition coefficient (Wildman–Crippen LogP) is -0.280. The maximum absolute atomic E-state index is 11.2. The van der Waals surface area contributed by atoms with Gasteiger partial charge in [0.2, 0.25) is 5.78 Å². The molecule has 15 heavy (non-hydrogen) atoms. The number of carbonyl (C=O) groups excluding carboxylic acids is 1. The van der Waals surface area contributed by atoms with Crippen molar-refractivity contribution in [2.75, 3.05) is 7.05 Å². The minimum absolute atomic E-state index is 0.0106. The molecule has 0 atom stereocenters. The molecule has 0 spiro atoms. The maximum atomic E-state index is 11.2. The Bertz CT molecular complexity index is 539. The summed E-state index contributed by atoms with van der Waals surface area (Å²) in [5, 5.41) is 11.2. The summed E-state index contributed by atoms with van der Waals surface area (Å²) in [5.74, 6) is -1.09. The third-order valence-corrected chi connectivity index (χ3v) is 1.99. The van der Waals surface area contributed by atoms with Gasteiger partial charge in [0.1, 0.15) is 5.69 Å². The molecule has 2 aromatic rings. The Hall–Kier alpha value is -2.31. The molecule has 3 N–H and O–H groups in total. The van der Waals surface area contributed by atoms with Gasteiger partial charge in [-0.2, -0.15) is 0 Å². The van der Waals surface area contributed by atoms with Crippen LogP contribution < -0.4 is 5.32 Å². The summed E-state index contributed by atoms with van der Waals surface area (Å²) < 4.78 is 1.31. The molecule has 0 radical (unpaired) electrons. The highest BCUT2D eigenvalue weighted by Gasteiger charge is 2.14. The average Bonchev–Trinajstić information content (AvgIpc) is 2.73. The van der Waals surface area contributed by atoms with Crippen molar-refractivity contribution in [3.63, 3.8) is 0 Å². The van der Waals surface area contributed by atoms with Gasteiger partial charge in [-0.1, -0.05) is 0 Å². The first kappa shape index (κ1) is 9.25. The lowest BCUT2D eigenvalue weighted by molar-refractivity contribution is 0.0689. The van der Waals surface area contributed by atoms with Crippen LogP contribution in [0.2, 0.25) is 0 Å². The zero-order chi connectivity index (χ0) is 11.0. The lowest BCUT2D eigenvalue weighted by atomic mass is 10.4. The van der Waals surface area contributed by atoms with Gasteiger partial charge in [0, 0.05) is 13.2 Å². The molecule has 7 nitrogen and oxygen atoms in total. The summed E-state index contributed by atoms with van der Waals surface area (Å²) in [6.45, 7) is 0. The van der Waals surface area contributed by atoms with E-state index in [4.69, 9.17) is 5.11 Å². The van der Waals surface area contributed by atoms with Crippen molar-refractivity contribution in [2.24, 2.45) is 0 Å². The van der Waals surface area contributed by atoms with Crippen LogP contribution >= 0.6 is 0 Å². The smallest absolute Gasteiger partial charge is 0.354 e. The van der Waals surface area contributed by atoms with Crippen molar-refractivity contribution in [3.8, 4) is 0 Å². The van der Waals surface area contributed by atoms with Crippen molar-refractivity contribution in [1.82, 2.24) is 19.7 Å². The minimum Gasteiger partial charge on any atom is -0.477 e. The molecule has 2 heterocycles. The molecule has 0 unspecified atom stereocenters. The van der Waals surface area contributed by atoms with Crippen LogP contribution in [-0.2, 0) is 0 Å². The molecule has 0 saturated heterocycles. The van der Waals surface area contributed by atoms with Crippen LogP contribution in [0.1, 0.15) is 21.0 Å². The highest BCUT2D eigenvalue weighted by molar-refractivity contribution is 5.93. The van der Waals surface area contributed by atoms with Gasteiger partial charge < -0.3 is 15.4 Å². The number of carboxylic acids is 1. The van der Waals surface area contributed by atoms with Gasteiger partial charge in [-0.3, -0.25) is 9.20 Å². The molecule has 0 aliphatic rings. The number of aromatic carboxylic acids is 1. The Morgan fingerprint density at radius 2 is 2.33 bits per heavy atom. The normalized spacial score (nSPS) is 10.5. The number of H-pyrrole nitrogens is 1. The van der Waals surface area contributed by atoms with E-state index < -0.39 is 5.97 Å². The molecule has 0 aliphatic carbocycles. The number of imidazole rings is 2. The topological polar surface area (TPSA) is 99.5 Å². The monoisotopic (exact) mass is 208 g/mol. The van der Waals surface area contributed by atoms with Crippen LogP contribution in [0.5, 0.6) is 0 Å². The number of hydrogen-bond acceptors (Lipinski definition) is 3. The third-order valence-electron chi connectivity index (χ3n) is 1.99. The lowest BCUT2D eigenvalue weighted by Crippen LogP contribution is -2.18. The summed E-state index contributed by atoms with van der Waals surface area (Å²) in [6.07, 6.45) is 2.62. The quantitative estimate of drug-likeness (QED) is 0.632. The lowest BCUT2D eigenvalue weighted by Gasteiger charge is -1.92. The predicted molar refractivity (Wildman–Crippen MR) is 49.9 cm³/mol. The fourth-order valence-electron chi connectivity index (χ4n) is 1.27. The number of nitrogens with zero attached hydrogens (tertiary/aromatic N) is 2. The summed E-state index contributed by atoms with van der Waals surface area (Å²) in [5.41, 5.74) is 0.277. The van der Waals surface area contributed by atoms with Crippen LogP contribution in [0.3, 0.4) is 0 Å². The molecule has 2 aromatic heterocycles. The number of carbonyl (C=O) groups is 2. The van der Waals surface area contributed by atoms with Gasteiger partial charge in [-0.15, -0.1) is 0 Å². The molecule has 78 valence electrons. The highest BCUT2D eigenvalue weighted by Crippen LogP contribution is 2.07. The number of hydrogen-bond donors (Lipinski definition) is 3. The number of fused-ring (bicyclic) bond motifs is 1. The minimum atomic E-state index is -1.09. The third kappa shape index (κ3) is 1.33. The van der Waals surface area contributed by atoms with Crippen LogP contribution in [0, 0.1) is 0 Å². The van der Waals surface area contributed by atoms with E-state index in [1.807, 2.05) is 0 Å². The Balaban J connectivity index is 2.57. The van der Waals surface area contributed by atoms with Crippen molar-refractivity contribution in [2.45, 2.75) is 0 Å². The van der Waals surface area contributed by atoms with Gasteiger partial charge >= 0.3 is 5.97 Å². The average molecular weight is 208 g/mol. The van der Waals surface area contributed by atoms with E-state index >= 15 is 0 Å². The van der Waals surface area contributed by atoms with E-state index in [-0.39, 0.29) is 17.3 Å². The molecule has 2 rings (SSSR count). The first-order valence-electron chi connectivity index (χ1n) is 4.15. The second-order valence-electron chi connectivity index (χ2n) is 2.89. The van der Waals surface area contributed by atoms with Gasteiger partial charge in [-0.05, 0) is 0 Å². The van der Waals surface area contributed by atoms with Crippen molar-refractivity contribution in [3.05, 3.63) is 23.8 Å². The molecule has 0 saturated carbocycles. The first-order chi connectivity index (χ1) is 7.13. The van der Waals surface area contributed by atoms with E-state index in [0.29, 0.717) is 5.78 Å². The van der Waals surface area contributed by atoms with Crippen LogP contribution in [0.15, 0.2) is 12.4 Å². The Morgan fingerprint density at radius 3 is 2.93 bits per heavy atom. The van der Waals surface area contributed by atoms with Crippen LogP contribution in [-0.4, -0.2) is 38.4 Å². The Morgan fingerprint density at radius 1 is 1.60 bits per heavy atom. The molecule has 0 bridgehead atoms. The molecular formula is C8H8N4O3. The van der Waals surface area contributed by atoms with Crippen molar-refractivity contribution in [1.29, 1.82) is 0 Å². The molecule has 1 amide bonds. The van der Waals surface area contributed by atoms with Crippen LogP contribution in [0.25, 0.3) is 5.78 Å². The van der Waals surface area contributed by atoms with E-state index in [2.05, 4.69) is 15.3 Å². The maximum Gasteiger partial charge on any atom is 0.354 e. The van der Waals surface area contributed by atoms with Crippen LogP contribution in [0.4, 0.5) is 0 Å². The summed E-state index contributed by atoms with van der Waals surface area (Å²) in [7, 11) is 1.49. The van der Waals surface area contributed by atoms with E-state index in [0.717, 1.165) is 0 Å². The van der Waals surface area contributed by atoms with Crippen molar-refractivity contribution >= 4 is 17.7 Å². The zero-order valence-electron chi connectivity index (χ0n) is 7.81. The Kier molecular flexibility index (Phi) is 1.93. The summed E-state index contributed by atoms with van der Waals surface area (Å²) in [6, 6.07) is 0. The zero-order valence-corrected chi connectivity index (χ0v) is 7.81. The number of aromatic nitrogens is 3. The second kappa shape index (κ2) is 3.12. The molecular weight excluding hydrogens is 200 g/mol. The SMILES string of the molecule is CNC(=O)c1cn2c(C(=O)O)cnc2[nH]1. The van der Waals surface area contributed by atoms with Gasteiger partial charge in [-0.25, -0.2) is 9.78 Å². The largest absolute Gasteiger partial charge is 0.477 e. The number of aromatic amines is 1. The highest BCUT2D eigenvalue weighted by atomic mass is 16.4. The second-order valence-corrected chi connectivity index (χ2v) is 2.89. The molecule has 0 fully saturated rings. The number of amides is 1. The van der Waals surface area contributed by atoms with Gasteiger partial charge in [0.25, 0.3) is 5.91 Å². The van der Waals surface area contributed by atoms with E-state index in [1.54, 1.807) is 0 Å². The number of carboxylic acid groups (broad SMARTS) is 1. The molecule has 0 aliphatic heterocycles. The van der Waals surface area contributed by atoms with E-state index in [9.17, 15) is 9.59 Å². The Labute approximate surface area is 83.7 Å². The first-order valence-corrected chi connectivity index (χ1v) is 4.15. The standard InChI is InChI=1S/C8H8N4O3/c1-9-6(13)4-3-12-5(7(14)15)2-10-8(12)11-4/h2-3H,1H3,(H,9,13)(H,10,11)(H,14,15). The fourth-order valence-corrected chi connectivity index (χ4v) is 1.27. The fraction of sp³-hybridized carbons (Fsp3) is 0.125. The molecule has 7 heteroatoms. The number of nitrogens with one attached hydrogen (secondary N) is 2. The van der Waals surface area contributed by atoms with Crippen molar-refractivity contribution < 1.29 is 14.7 Å². The summed E-state index contributed by atoms with van der Waals surface area (Å²) >= 11 is 0. The van der Waals surface area contributed by atoms with Gasteiger partial charge in [0.05, 0.1) is 6.20 Å².